The number of nitrogens with two attached hydrogens (primary N) is 1. The number of aromatic nitrogens is 1. The molecule has 0 aliphatic heterocycles. The van der Waals surface area contributed by atoms with Crippen LogP contribution in [0.1, 0.15) is 47.9 Å². The molecule has 1 aromatic heterocycles. The van der Waals surface area contributed by atoms with Gasteiger partial charge in [-0.05, 0) is 49.6 Å². The molecular weight excluding hydrogens is 404 g/mol. The SMILES string of the molecule is CCCCn1c(C)c(C(N)=O)c(-c2cccc(Oc3ccccc3)c2)c1CCC(=O)OC. The second kappa shape index (κ2) is 10.7. The first-order valence-electron chi connectivity index (χ1n) is 10.9. The summed E-state index contributed by atoms with van der Waals surface area (Å²) >= 11 is 0. The van der Waals surface area contributed by atoms with Crippen molar-refractivity contribution in [1.29, 1.82) is 0 Å². The number of benzene rings is 2. The summed E-state index contributed by atoms with van der Waals surface area (Å²) in [6.45, 7) is 4.78. The number of primary amides is 1. The van der Waals surface area contributed by atoms with Crippen LogP contribution >= 0.6 is 0 Å². The van der Waals surface area contributed by atoms with Crippen molar-refractivity contribution in [3.05, 3.63) is 71.5 Å². The van der Waals surface area contributed by atoms with Gasteiger partial charge in [-0.25, -0.2) is 0 Å². The van der Waals surface area contributed by atoms with Gasteiger partial charge in [0.05, 0.1) is 19.1 Å². The van der Waals surface area contributed by atoms with Crippen LogP contribution < -0.4 is 10.5 Å². The first-order valence-corrected chi connectivity index (χ1v) is 10.9. The summed E-state index contributed by atoms with van der Waals surface area (Å²) < 4.78 is 13.0. The van der Waals surface area contributed by atoms with Crippen LogP contribution in [0.15, 0.2) is 54.6 Å². The van der Waals surface area contributed by atoms with Crippen LogP contribution in [0.4, 0.5) is 0 Å². The highest BCUT2D eigenvalue weighted by atomic mass is 16.5. The summed E-state index contributed by atoms with van der Waals surface area (Å²) in [6, 6.07) is 17.1. The minimum atomic E-state index is -0.485. The zero-order valence-electron chi connectivity index (χ0n) is 18.9. The second-order valence-electron chi connectivity index (χ2n) is 7.67. The average molecular weight is 435 g/mol. The molecule has 0 unspecified atom stereocenters. The number of nitrogens with zero attached hydrogens (tertiary/aromatic N) is 1. The van der Waals surface area contributed by atoms with Crippen LogP contribution in [0.5, 0.6) is 11.5 Å². The van der Waals surface area contributed by atoms with Gasteiger partial charge >= 0.3 is 5.97 Å². The molecule has 168 valence electrons. The average Bonchev–Trinajstić information content (AvgIpc) is 3.08. The van der Waals surface area contributed by atoms with Crippen molar-refractivity contribution < 1.29 is 19.1 Å². The Kier molecular flexibility index (Phi) is 7.71. The molecule has 0 spiro atoms. The highest BCUT2D eigenvalue weighted by Gasteiger charge is 2.25. The smallest absolute Gasteiger partial charge is 0.305 e. The molecule has 3 aromatic rings. The molecule has 2 N–H and O–H groups in total. The zero-order valence-corrected chi connectivity index (χ0v) is 18.9. The molecule has 6 heteroatoms. The van der Waals surface area contributed by atoms with Gasteiger partial charge in [0, 0.05) is 23.5 Å². The van der Waals surface area contributed by atoms with E-state index in [1.54, 1.807) is 0 Å². The van der Waals surface area contributed by atoms with E-state index in [0.717, 1.165) is 47.7 Å². The molecule has 32 heavy (non-hydrogen) atoms. The van der Waals surface area contributed by atoms with Crippen molar-refractivity contribution in [3.63, 3.8) is 0 Å². The normalized spacial score (nSPS) is 10.7. The van der Waals surface area contributed by atoms with Crippen LogP contribution in [-0.4, -0.2) is 23.6 Å². The zero-order chi connectivity index (χ0) is 23.1. The van der Waals surface area contributed by atoms with E-state index in [0.29, 0.717) is 17.7 Å². The van der Waals surface area contributed by atoms with Gasteiger partial charge in [-0.3, -0.25) is 9.59 Å². The van der Waals surface area contributed by atoms with Crippen molar-refractivity contribution in [1.82, 2.24) is 4.57 Å². The number of amides is 1. The molecule has 0 fully saturated rings. The van der Waals surface area contributed by atoms with Crippen molar-refractivity contribution in [2.45, 2.75) is 46.1 Å². The summed E-state index contributed by atoms with van der Waals surface area (Å²) in [5.41, 5.74) is 9.62. The Balaban J connectivity index is 2.11. The Morgan fingerprint density at radius 1 is 1.03 bits per heavy atom. The van der Waals surface area contributed by atoms with Gasteiger partial charge in [0.15, 0.2) is 0 Å². The third kappa shape index (κ3) is 5.19. The lowest BCUT2D eigenvalue weighted by Gasteiger charge is -2.13. The molecule has 0 atom stereocenters. The number of para-hydroxylation sites is 1. The molecule has 0 aliphatic rings. The maximum absolute atomic E-state index is 12.5. The molecule has 2 aromatic carbocycles. The number of unbranched alkanes of at least 4 members (excludes halogenated alkanes) is 1. The number of ether oxygens (including phenoxy) is 2. The molecule has 3 rings (SSSR count). The molecule has 0 saturated heterocycles. The van der Waals surface area contributed by atoms with Gasteiger partial charge < -0.3 is 19.8 Å². The Morgan fingerprint density at radius 3 is 2.41 bits per heavy atom. The number of rotatable bonds is 10. The van der Waals surface area contributed by atoms with Gasteiger partial charge in [-0.15, -0.1) is 0 Å². The third-order valence-electron chi connectivity index (χ3n) is 5.51. The Morgan fingerprint density at radius 2 is 1.75 bits per heavy atom. The number of esters is 1. The predicted octanol–water partition coefficient (Wildman–Crippen LogP) is 5.26. The van der Waals surface area contributed by atoms with E-state index in [2.05, 4.69) is 11.5 Å². The fourth-order valence-corrected chi connectivity index (χ4v) is 3.95. The molecule has 0 aliphatic carbocycles. The molecule has 1 amide bonds. The summed E-state index contributed by atoms with van der Waals surface area (Å²) in [6.07, 6.45) is 2.63. The van der Waals surface area contributed by atoms with E-state index in [1.807, 2.05) is 61.5 Å². The number of carbonyl (C=O) groups excluding carboxylic acids is 2. The van der Waals surface area contributed by atoms with Gasteiger partial charge in [0.1, 0.15) is 11.5 Å². The standard InChI is InChI=1S/C26H30N2O4/c1-4-5-16-28-18(2)24(26(27)30)25(22(28)14-15-23(29)31-3)19-10-9-13-21(17-19)32-20-11-7-6-8-12-20/h6-13,17H,4-5,14-16H2,1-3H3,(H2,27,30). The molecule has 1 heterocycles. The minimum absolute atomic E-state index is 0.220. The van der Waals surface area contributed by atoms with E-state index in [-0.39, 0.29) is 12.4 Å². The van der Waals surface area contributed by atoms with E-state index < -0.39 is 5.91 Å². The maximum atomic E-state index is 12.5. The van der Waals surface area contributed by atoms with Gasteiger partial charge in [0.25, 0.3) is 5.91 Å². The molecule has 0 radical (unpaired) electrons. The molecular formula is C26H30N2O4. The minimum Gasteiger partial charge on any atom is -0.469 e. The van der Waals surface area contributed by atoms with Crippen LogP contribution in [0.2, 0.25) is 0 Å². The van der Waals surface area contributed by atoms with Crippen molar-refractivity contribution in [2.24, 2.45) is 5.73 Å². The number of carbonyl (C=O) groups is 2. The highest BCUT2D eigenvalue weighted by molar-refractivity contribution is 6.02. The van der Waals surface area contributed by atoms with Crippen molar-refractivity contribution in [3.8, 4) is 22.6 Å². The first kappa shape index (κ1) is 23.1. The van der Waals surface area contributed by atoms with Crippen molar-refractivity contribution >= 4 is 11.9 Å². The van der Waals surface area contributed by atoms with Gasteiger partial charge in [-0.1, -0.05) is 43.7 Å². The molecule has 0 bridgehead atoms. The summed E-state index contributed by atoms with van der Waals surface area (Å²) in [4.78, 5) is 24.4. The van der Waals surface area contributed by atoms with Crippen LogP contribution in [-0.2, 0) is 22.5 Å². The Labute approximate surface area is 189 Å². The molecule has 6 nitrogen and oxygen atoms in total. The highest BCUT2D eigenvalue weighted by Crippen LogP contribution is 2.36. The fraction of sp³-hybridized carbons (Fsp3) is 0.308. The monoisotopic (exact) mass is 434 g/mol. The fourth-order valence-electron chi connectivity index (χ4n) is 3.95. The van der Waals surface area contributed by atoms with Gasteiger partial charge in [0.2, 0.25) is 0 Å². The van der Waals surface area contributed by atoms with E-state index in [9.17, 15) is 9.59 Å². The van der Waals surface area contributed by atoms with Crippen LogP contribution in [0.3, 0.4) is 0 Å². The molecule has 0 saturated carbocycles. The lowest BCUT2D eigenvalue weighted by molar-refractivity contribution is -0.140. The predicted molar refractivity (Wildman–Crippen MR) is 125 cm³/mol. The van der Waals surface area contributed by atoms with Crippen molar-refractivity contribution in [2.75, 3.05) is 7.11 Å². The third-order valence-corrected chi connectivity index (χ3v) is 5.51. The van der Waals surface area contributed by atoms with E-state index in [4.69, 9.17) is 15.2 Å². The Bertz CT molecular complexity index is 1090. The second-order valence-corrected chi connectivity index (χ2v) is 7.67. The van der Waals surface area contributed by atoms with Crippen LogP contribution in [0, 0.1) is 6.92 Å². The topological polar surface area (TPSA) is 83.5 Å². The summed E-state index contributed by atoms with van der Waals surface area (Å²) in [5, 5.41) is 0. The van der Waals surface area contributed by atoms with E-state index in [1.165, 1.54) is 7.11 Å². The van der Waals surface area contributed by atoms with Crippen LogP contribution in [0.25, 0.3) is 11.1 Å². The summed E-state index contributed by atoms with van der Waals surface area (Å²) in [5.74, 6) is 0.601. The first-order chi connectivity index (χ1) is 15.5. The Hall–Kier alpha value is -3.54. The van der Waals surface area contributed by atoms with E-state index >= 15 is 0 Å². The summed E-state index contributed by atoms with van der Waals surface area (Å²) in [7, 11) is 1.38. The number of methoxy groups -OCH3 is 1. The quantitative estimate of drug-likeness (QED) is 0.441. The number of hydrogen-bond acceptors (Lipinski definition) is 4. The lowest BCUT2D eigenvalue weighted by atomic mass is 9.97. The largest absolute Gasteiger partial charge is 0.469 e. The lowest BCUT2D eigenvalue weighted by Crippen LogP contribution is -2.13. The maximum Gasteiger partial charge on any atom is 0.305 e. The van der Waals surface area contributed by atoms with Gasteiger partial charge in [-0.2, -0.15) is 0 Å². The number of hydrogen-bond donors (Lipinski definition) is 1.